The Kier molecular flexibility index (Phi) is 10.2. The van der Waals surface area contributed by atoms with Crippen LogP contribution < -0.4 is 14.8 Å². The minimum atomic E-state index is 0. The number of benzene rings is 2. The highest BCUT2D eigenvalue weighted by atomic mass is 79.9. The van der Waals surface area contributed by atoms with Crippen molar-refractivity contribution in [3.8, 4) is 11.5 Å². The Balaban J connectivity index is 0.00000320. The zero-order valence-corrected chi connectivity index (χ0v) is 20.1. The molecule has 5 nitrogen and oxygen atoms in total. The van der Waals surface area contributed by atoms with Crippen LogP contribution in [0.3, 0.4) is 0 Å². The molecule has 0 saturated carbocycles. The van der Waals surface area contributed by atoms with Gasteiger partial charge in [-0.3, -0.25) is 4.79 Å². The number of carbonyl (C=O) groups is 1. The van der Waals surface area contributed by atoms with Crippen LogP contribution in [0.2, 0.25) is 5.02 Å². The average molecular weight is 518 g/mol. The van der Waals surface area contributed by atoms with E-state index in [1.165, 1.54) is 0 Å². The molecule has 8 heteroatoms. The highest BCUT2D eigenvalue weighted by Gasteiger charge is 2.19. The third-order valence-electron chi connectivity index (χ3n) is 4.90. The minimum absolute atomic E-state index is 0. The predicted octanol–water partition coefficient (Wildman–Crippen LogP) is 5.21. The fourth-order valence-corrected chi connectivity index (χ4v) is 4.14. The van der Waals surface area contributed by atoms with E-state index in [0.29, 0.717) is 36.1 Å². The lowest BCUT2D eigenvalue weighted by molar-refractivity contribution is -0.127. The number of hydrogen-bond acceptors (Lipinski definition) is 4. The van der Waals surface area contributed by atoms with Crippen LogP contribution in [-0.2, 0) is 17.9 Å². The Labute approximate surface area is 197 Å². The number of halogens is 3. The molecule has 1 saturated heterocycles. The third kappa shape index (κ3) is 6.77. The van der Waals surface area contributed by atoms with Crippen molar-refractivity contribution in [2.24, 2.45) is 0 Å². The second kappa shape index (κ2) is 12.4. The van der Waals surface area contributed by atoms with E-state index in [0.717, 1.165) is 48.1 Å². The number of amides is 1. The van der Waals surface area contributed by atoms with Crippen molar-refractivity contribution < 1.29 is 14.3 Å². The van der Waals surface area contributed by atoms with Gasteiger partial charge in [-0.1, -0.05) is 29.8 Å². The summed E-state index contributed by atoms with van der Waals surface area (Å²) in [6, 6.07) is 11.6. The van der Waals surface area contributed by atoms with Crippen molar-refractivity contribution in [3.63, 3.8) is 0 Å². The molecule has 0 aliphatic carbocycles. The first-order valence-electron chi connectivity index (χ1n) is 9.79. The van der Waals surface area contributed by atoms with Gasteiger partial charge in [0.2, 0.25) is 5.91 Å². The van der Waals surface area contributed by atoms with Crippen LogP contribution in [-0.4, -0.2) is 37.6 Å². The Morgan fingerprint density at radius 3 is 2.77 bits per heavy atom. The molecule has 1 fully saturated rings. The average Bonchev–Trinajstić information content (AvgIpc) is 3.12. The summed E-state index contributed by atoms with van der Waals surface area (Å²) in [5.74, 6) is 1.61. The Morgan fingerprint density at radius 1 is 1.27 bits per heavy atom. The molecular weight excluding hydrogens is 491 g/mol. The molecule has 2 aromatic rings. The highest BCUT2D eigenvalue weighted by molar-refractivity contribution is 9.10. The Hall–Kier alpha value is -1.47. The molecule has 0 spiro atoms. The van der Waals surface area contributed by atoms with E-state index in [1.807, 2.05) is 41.3 Å². The zero-order chi connectivity index (χ0) is 20.6. The van der Waals surface area contributed by atoms with Crippen LogP contribution >= 0.6 is 39.9 Å². The summed E-state index contributed by atoms with van der Waals surface area (Å²) in [5.41, 5.74) is 2.02. The van der Waals surface area contributed by atoms with Crippen molar-refractivity contribution in [3.05, 3.63) is 57.0 Å². The second-order valence-corrected chi connectivity index (χ2v) is 8.27. The minimum Gasteiger partial charge on any atom is -0.493 e. The van der Waals surface area contributed by atoms with E-state index in [1.54, 1.807) is 7.11 Å². The molecular formula is C22H27BrCl2N2O3. The van der Waals surface area contributed by atoms with E-state index in [4.69, 9.17) is 21.1 Å². The largest absolute Gasteiger partial charge is 0.493 e. The molecule has 3 rings (SSSR count). The van der Waals surface area contributed by atoms with Crippen molar-refractivity contribution >= 4 is 45.8 Å². The maximum atomic E-state index is 11.6. The van der Waals surface area contributed by atoms with Gasteiger partial charge in [-0.25, -0.2) is 0 Å². The SMILES string of the molecule is COc1cc(CNCCCN2CCCC2=O)cc(Br)c1OCc1ccccc1Cl.Cl. The molecule has 1 heterocycles. The van der Waals surface area contributed by atoms with Gasteiger partial charge in [0.25, 0.3) is 0 Å². The summed E-state index contributed by atoms with van der Waals surface area (Å²) < 4.78 is 12.3. The van der Waals surface area contributed by atoms with Gasteiger partial charge >= 0.3 is 0 Å². The maximum absolute atomic E-state index is 11.6. The Morgan fingerprint density at radius 2 is 2.07 bits per heavy atom. The van der Waals surface area contributed by atoms with Gasteiger partial charge in [0, 0.05) is 36.6 Å². The number of carbonyl (C=O) groups excluding carboxylic acids is 1. The van der Waals surface area contributed by atoms with E-state index < -0.39 is 0 Å². The lowest BCUT2D eigenvalue weighted by Crippen LogP contribution is -2.28. The lowest BCUT2D eigenvalue weighted by atomic mass is 10.2. The van der Waals surface area contributed by atoms with Gasteiger partial charge in [0.05, 0.1) is 11.6 Å². The maximum Gasteiger partial charge on any atom is 0.222 e. The monoisotopic (exact) mass is 516 g/mol. The summed E-state index contributed by atoms with van der Waals surface area (Å²) in [4.78, 5) is 13.6. The first kappa shape index (κ1) is 24.8. The fourth-order valence-electron chi connectivity index (χ4n) is 3.35. The predicted molar refractivity (Wildman–Crippen MR) is 126 cm³/mol. The summed E-state index contributed by atoms with van der Waals surface area (Å²) in [6.45, 7) is 3.66. The van der Waals surface area contributed by atoms with Gasteiger partial charge in [-0.05, 0) is 59.1 Å². The molecule has 30 heavy (non-hydrogen) atoms. The molecule has 0 aromatic heterocycles. The molecule has 0 radical (unpaired) electrons. The highest BCUT2D eigenvalue weighted by Crippen LogP contribution is 2.37. The number of hydrogen-bond donors (Lipinski definition) is 1. The standard InChI is InChI=1S/C22H26BrClN2O3.ClH/c1-28-20-13-16(14-25-9-5-11-26-10-4-8-21(26)27)12-18(23)22(20)29-15-17-6-2-3-7-19(17)24;/h2-3,6-7,12-13,25H,4-5,8-11,14-15H2,1H3;1H. The van der Waals surface area contributed by atoms with Gasteiger partial charge in [-0.2, -0.15) is 0 Å². The molecule has 164 valence electrons. The van der Waals surface area contributed by atoms with E-state index in [-0.39, 0.29) is 18.3 Å². The first-order chi connectivity index (χ1) is 14.1. The third-order valence-corrected chi connectivity index (χ3v) is 5.86. The van der Waals surface area contributed by atoms with Crippen LogP contribution in [0.1, 0.15) is 30.4 Å². The summed E-state index contributed by atoms with van der Waals surface area (Å²) in [7, 11) is 1.63. The van der Waals surface area contributed by atoms with Crippen molar-refractivity contribution in [1.29, 1.82) is 0 Å². The van der Waals surface area contributed by atoms with E-state index >= 15 is 0 Å². The summed E-state index contributed by atoms with van der Waals surface area (Å²) >= 11 is 9.80. The van der Waals surface area contributed by atoms with Crippen LogP contribution in [0.15, 0.2) is 40.9 Å². The number of methoxy groups -OCH3 is 1. The number of likely N-dealkylation sites (tertiary alicyclic amines) is 1. The van der Waals surface area contributed by atoms with E-state index in [9.17, 15) is 4.79 Å². The fraction of sp³-hybridized carbons (Fsp3) is 0.409. The van der Waals surface area contributed by atoms with Crippen LogP contribution in [0, 0.1) is 0 Å². The van der Waals surface area contributed by atoms with Crippen LogP contribution in [0.25, 0.3) is 0 Å². The van der Waals surface area contributed by atoms with Gasteiger partial charge in [0.1, 0.15) is 6.61 Å². The molecule has 1 aliphatic heterocycles. The molecule has 1 amide bonds. The topological polar surface area (TPSA) is 50.8 Å². The van der Waals surface area contributed by atoms with Crippen molar-refractivity contribution in [2.45, 2.75) is 32.4 Å². The number of nitrogens with one attached hydrogen (secondary N) is 1. The second-order valence-electron chi connectivity index (χ2n) is 7.00. The molecule has 1 aliphatic rings. The van der Waals surface area contributed by atoms with Gasteiger partial charge < -0.3 is 19.7 Å². The molecule has 1 N–H and O–H groups in total. The quantitative estimate of drug-likeness (QED) is 0.439. The lowest BCUT2D eigenvalue weighted by Gasteiger charge is -2.16. The first-order valence-corrected chi connectivity index (χ1v) is 11.0. The molecule has 2 aromatic carbocycles. The number of nitrogens with zero attached hydrogens (tertiary/aromatic N) is 1. The van der Waals surface area contributed by atoms with Crippen molar-refractivity contribution in [2.75, 3.05) is 26.7 Å². The normalized spacial score (nSPS) is 13.3. The van der Waals surface area contributed by atoms with Gasteiger partial charge in [-0.15, -0.1) is 12.4 Å². The zero-order valence-electron chi connectivity index (χ0n) is 17.0. The van der Waals surface area contributed by atoms with Crippen LogP contribution in [0.4, 0.5) is 0 Å². The van der Waals surface area contributed by atoms with Gasteiger partial charge in [0.15, 0.2) is 11.5 Å². The molecule has 0 unspecified atom stereocenters. The summed E-state index contributed by atoms with van der Waals surface area (Å²) in [5, 5.41) is 4.11. The smallest absolute Gasteiger partial charge is 0.222 e. The number of rotatable bonds is 10. The Bertz CT molecular complexity index is 851. The van der Waals surface area contributed by atoms with Crippen molar-refractivity contribution in [1.82, 2.24) is 10.2 Å². The molecule has 0 bridgehead atoms. The van der Waals surface area contributed by atoms with Crippen LogP contribution in [0.5, 0.6) is 11.5 Å². The molecule has 0 atom stereocenters. The summed E-state index contributed by atoms with van der Waals surface area (Å²) in [6.07, 6.45) is 2.64. The van der Waals surface area contributed by atoms with E-state index in [2.05, 4.69) is 21.2 Å². The number of ether oxygens (including phenoxy) is 2.